The third kappa shape index (κ3) is 5.57. The van der Waals surface area contributed by atoms with Crippen molar-refractivity contribution >= 4 is 35.1 Å². The fourth-order valence-corrected chi connectivity index (χ4v) is 2.96. The van der Waals surface area contributed by atoms with Crippen LogP contribution < -0.4 is 5.32 Å². The van der Waals surface area contributed by atoms with Crippen LogP contribution in [0.15, 0.2) is 18.2 Å². The Morgan fingerprint density at radius 3 is 2.52 bits per heavy atom. The lowest BCUT2D eigenvalue weighted by molar-refractivity contribution is -0.119. The first-order valence-electron chi connectivity index (χ1n) is 9.02. The van der Waals surface area contributed by atoms with Crippen molar-refractivity contribution in [1.29, 1.82) is 0 Å². The SMILES string of the molecule is COC(=O)c1ccc(C)c(NC(=O)COC(=O)c2c(C)nn(CC(C)C)c2Cl)c1. The minimum atomic E-state index is -0.724. The van der Waals surface area contributed by atoms with Crippen LogP contribution in [0.25, 0.3) is 0 Å². The molecule has 0 aliphatic rings. The number of anilines is 1. The van der Waals surface area contributed by atoms with Gasteiger partial charge in [-0.1, -0.05) is 31.5 Å². The Balaban J connectivity index is 2.04. The molecular weight excluding hydrogens is 398 g/mol. The quantitative estimate of drug-likeness (QED) is 0.688. The molecule has 2 rings (SSSR count). The lowest BCUT2D eigenvalue weighted by Gasteiger charge is -2.10. The number of rotatable bonds is 7. The van der Waals surface area contributed by atoms with Crippen molar-refractivity contribution in [2.45, 2.75) is 34.2 Å². The molecule has 29 heavy (non-hydrogen) atoms. The highest BCUT2D eigenvalue weighted by molar-refractivity contribution is 6.32. The molecule has 0 atom stereocenters. The predicted molar refractivity (Wildman–Crippen MR) is 108 cm³/mol. The van der Waals surface area contributed by atoms with Gasteiger partial charge in [-0.15, -0.1) is 0 Å². The largest absolute Gasteiger partial charge is 0.465 e. The van der Waals surface area contributed by atoms with Gasteiger partial charge in [-0.3, -0.25) is 9.48 Å². The molecule has 9 heteroatoms. The second-order valence-electron chi connectivity index (χ2n) is 6.97. The van der Waals surface area contributed by atoms with Crippen molar-refractivity contribution in [2.24, 2.45) is 5.92 Å². The van der Waals surface area contributed by atoms with E-state index < -0.39 is 24.5 Å². The second-order valence-corrected chi connectivity index (χ2v) is 7.33. The maximum absolute atomic E-state index is 12.4. The third-order valence-electron chi connectivity index (χ3n) is 4.07. The van der Waals surface area contributed by atoms with Crippen molar-refractivity contribution in [2.75, 3.05) is 19.0 Å². The molecule has 1 aromatic heterocycles. The molecule has 1 aromatic carbocycles. The zero-order valence-corrected chi connectivity index (χ0v) is 17.8. The van der Waals surface area contributed by atoms with Gasteiger partial charge in [-0.2, -0.15) is 5.10 Å². The molecule has 0 radical (unpaired) electrons. The number of aromatic nitrogens is 2. The average molecular weight is 422 g/mol. The Morgan fingerprint density at radius 1 is 1.21 bits per heavy atom. The van der Waals surface area contributed by atoms with Gasteiger partial charge in [0.2, 0.25) is 0 Å². The van der Waals surface area contributed by atoms with E-state index in [0.29, 0.717) is 29.4 Å². The number of benzene rings is 1. The Morgan fingerprint density at radius 2 is 1.90 bits per heavy atom. The van der Waals surface area contributed by atoms with Crippen LogP contribution in [-0.4, -0.2) is 41.3 Å². The van der Waals surface area contributed by atoms with Gasteiger partial charge < -0.3 is 14.8 Å². The number of methoxy groups -OCH3 is 1. The molecule has 0 aliphatic carbocycles. The highest BCUT2D eigenvalue weighted by atomic mass is 35.5. The van der Waals surface area contributed by atoms with Crippen LogP contribution in [0, 0.1) is 19.8 Å². The van der Waals surface area contributed by atoms with E-state index in [0.717, 1.165) is 5.56 Å². The summed E-state index contributed by atoms with van der Waals surface area (Å²) in [5, 5.41) is 7.05. The van der Waals surface area contributed by atoms with Gasteiger partial charge in [0, 0.05) is 12.2 Å². The number of hydrogen-bond acceptors (Lipinski definition) is 6. The molecule has 1 N–H and O–H groups in total. The van der Waals surface area contributed by atoms with Crippen LogP contribution in [0.4, 0.5) is 5.69 Å². The molecule has 1 heterocycles. The van der Waals surface area contributed by atoms with Crippen LogP contribution in [-0.2, 0) is 20.8 Å². The van der Waals surface area contributed by atoms with Crippen molar-refractivity contribution in [1.82, 2.24) is 9.78 Å². The summed E-state index contributed by atoms with van der Waals surface area (Å²) in [7, 11) is 1.27. The van der Waals surface area contributed by atoms with Gasteiger partial charge in [-0.25, -0.2) is 9.59 Å². The maximum atomic E-state index is 12.4. The van der Waals surface area contributed by atoms with Gasteiger partial charge in [0.15, 0.2) is 6.61 Å². The molecule has 8 nitrogen and oxygen atoms in total. The molecule has 0 aliphatic heterocycles. The average Bonchev–Trinajstić information content (AvgIpc) is 2.93. The molecule has 0 fully saturated rings. The number of aryl methyl sites for hydroxylation is 2. The first-order chi connectivity index (χ1) is 13.6. The second kappa shape index (κ2) is 9.56. The predicted octanol–water partition coefficient (Wildman–Crippen LogP) is 3.39. The molecule has 0 bridgehead atoms. The summed E-state index contributed by atoms with van der Waals surface area (Å²) in [6.45, 7) is 7.49. The highest BCUT2D eigenvalue weighted by Gasteiger charge is 2.23. The van der Waals surface area contributed by atoms with Gasteiger partial charge >= 0.3 is 11.9 Å². The van der Waals surface area contributed by atoms with Crippen molar-refractivity contribution in [3.63, 3.8) is 0 Å². The van der Waals surface area contributed by atoms with Crippen LogP contribution in [0.2, 0.25) is 5.15 Å². The molecule has 0 spiro atoms. The first-order valence-corrected chi connectivity index (χ1v) is 9.40. The van der Waals surface area contributed by atoms with Crippen LogP contribution in [0.1, 0.15) is 45.8 Å². The number of carbonyl (C=O) groups is 3. The van der Waals surface area contributed by atoms with E-state index in [2.05, 4.69) is 15.2 Å². The van der Waals surface area contributed by atoms with Crippen LogP contribution in [0.5, 0.6) is 0 Å². The van der Waals surface area contributed by atoms with Gasteiger partial charge in [0.1, 0.15) is 10.7 Å². The number of ether oxygens (including phenoxy) is 2. The summed E-state index contributed by atoms with van der Waals surface area (Å²) in [5.74, 6) is -1.50. The third-order valence-corrected chi connectivity index (χ3v) is 4.46. The minimum absolute atomic E-state index is 0.143. The minimum Gasteiger partial charge on any atom is -0.465 e. The Kier molecular flexibility index (Phi) is 7.39. The van der Waals surface area contributed by atoms with E-state index in [-0.39, 0.29) is 10.7 Å². The van der Waals surface area contributed by atoms with Crippen LogP contribution in [0.3, 0.4) is 0 Å². The Hall–Kier alpha value is -2.87. The summed E-state index contributed by atoms with van der Waals surface area (Å²) >= 11 is 6.25. The van der Waals surface area contributed by atoms with Gasteiger partial charge in [-0.05, 0) is 37.5 Å². The molecule has 0 saturated heterocycles. The first kappa shape index (κ1) is 22.4. The topological polar surface area (TPSA) is 99.5 Å². The molecular formula is C20H24ClN3O5. The standard InChI is InChI=1S/C20H24ClN3O5/c1-11(2)9-24-18(21)17(13(4)23-24)20(27)29-10-16(25)22-15-8-14(19(26)28-5)7-6-12(15)3/h6-8,11H,9-10H2,1-5H3,(H,22,25). The number of halogens is 1. The fraction of sp³-hybridized carbons (Fsp3) is 0.400. The van der Waals surface area contributed by atoms with E-state index in [1.807, 2.05) is 13.8 Å². The van der Waals surface area contributed by atoms with E-state index in [1.54, 1.807) is 30.7 Å². The van der Waals surface area contributed by atoms with Gasteiger partial charge in [0.25, 0.3) is 5.91 Å². The molecule has 0 saturated carbocycles. The van der Waals surface area contributed by atoms with Crippen molar-refractivity contribution < 1.29 is 23.9 Å². The number of carbonyl (C=O) groups excluding carboxylic acids is 3. The lowest BCUT2D eigenvalue weighted by atomic mass is 10.1. The van der Waals surface area contributed by atoms with E-state index in [9.17, 15) is 14.4 Å². The number of esters is 2. The Labute approximate surface area is 174 Å². The fourth-order valence-electron chi connectivity index (χ4n) is 2.64. The zero-order valence-electron chi connectivity index (χ0n) is 17.0. The highest BCUT2D eigenvalue weighted by Crippen LogP contribution is 2.22. The molecule has 2 aromatic rings. The Bertz CT molecular complexity index is 936. The van der Waals surface area contributed by atoms with E-state index in [1.165, 1.54) is 13.2 Å². The molecule has 156 valence electrons. The summed E-state index contributed by atoms with van der Waals surface area (Å²) in [5.41, 5.74) is 2.04. The number of nitrogens with one attached hydrogen (secondary N) is 1. The summed E-state index contributed by atoms with van der Waals surface area (Å²) in [4.78, 5) is 36.2. The molecule has 1 amide bonds. The number of nitrogens with zero attached hydrogens (tertiary/aromatic N) is 2. The van der Waals surface area contributed by atoms with E-state index >= 15 is 0 Å². The molecule has 0 unspecified atom stereocenters. The van der Waals surface area contributed by atoms with Crippen LogP contribution >= 0.6 is 11.6 Å². The van der Waals surface area contributed by atoms with Gasteiger partial charge in [0.05, 0.1) is 18.4 Å². The maximum Gasteiger partial charge on any atom is 0.343 e. The summed E-state index contributed by atoms with van der Waals surface area (Å²) in [6, 6.07) is 4.77. The number of hydrogen-bond donors (Lipinski definition) is 1. The smallest absolute Gasteiger partial charge is 0.343 e. The normalized spacial score (nSPS) is 10.7. The number of amides is 1. The monoisotopic (exact) mass is 421 g/mol. The van der Waals surface area contributed by atoms with Crippen molar-refractivity contribution in [3.05, 3.63) is 45.7 Å². The van der Waals surface area contributed by atoms with E-state index in [4.69, 9.17) is 16.3 Å². The summed E-state index contributed by atoms with van der Waals surface area (Å²) in [6.07, 6.45) is 0. The van der Waals surface area contributed by atoms with Crippen molar-refractivity contribution in [3.8, 4) is 0 Å². The lowest BCUT2D eigenvalue weighted by Crippen LogP contribution is -2.22. The summed E-state index contributed by atoms with van der Waals surface area (Å²) < 4.78 is 11.3. The zero-order chi connectivity index (χ0) is 21.7.